The van der Waals surface area contributed by atoms with Gasteiger partial charge in [-0.2, -0.15) is 11.8 Å². The molecule has 2 atom stereocenters. The molecule has 21 heavy (non-hydrogen) atoms. The van der Waals surface area contributed by atoms with Crippen LogP contribution >= 0.6 is 11.8 Å². The predicted molar refractivity (Wildman–Crippen MR) is 79.4 cm³/mol. The molecule has 0 aliphatic carbocycles. The predicted octanol–water partition coefficient (Wildman–Crippen LogP) is 1.57. The number of aliphatic hydroxyl groups is 1. The standard InChI is InChI=1S/C14H23NO5S/c1-12(2,3)20-11(18)15-6-4-14(19,8-15)13(10(16)17)5-7-21-9-13/h19H,4-9H2,1-3H3,(H,16,17). The third-order valence-corrected chi connectivity index (χ3v) is 5.41. The normalized spacial score (nSPS) is 33.2. The smallest absolute Gasteiger partial charge is 0.410 e. The summed E-state index contributed by atoms with van der Waals surface area (Å²) in [4.78, 5) is 25.2. The lowest BCUT2D eigenvalue weighted by Gasteiger charge is -2.38. The van der Waals surface area contributed by atoms with Gasteiger partial charge in [-0.25, -0.2) is 4.79 Å². The molecule has 0 aromatic heterocycles. The molecule has 2 rings (SSSR count). The Hall–Kier alpha value is -0.950. The van der Waals surface area contributed by atoms with Gasteiger partial charge in [0.25, 0.3) is 0 Å². The molecule has 120 valence electrons. The second-order valence-electron chi connectivity index (χ2n) is 6.87. The minimum atomic E-state index is -1.38. The number of hydrogen-bond donors (Lipinski definition) is 2. The lowest BCUT2D eigenvalue weighted by atomic mass is 9.70. The van der Waals surface area contributed by atoms with Gasteiger partial charge in [0.2, 0.25) is 0 Å². The Morgan fingerprint density at radius 1 is 1.29 bits per heavy atom. The molecule has 1 amide bonds. The summed E-state index contributed by atoms with van der Waals surface area (Å²) in [6, 6.07) is 0. The number of β-amino-alcohol motifs (C(OH)–C–C–N with tert-alkyl or cyclic N) is 1. The number of carboxylic acid groups (broad SMARTS) is 1. The van der Waals surface area contributed by atoms with Gasteiger partial charge in [-0.3, -0.25) is 4.79 Å². The Morgan fingerprint density at radius 2 is 1.95 bits per heavy atom. The number of carboxylic acids is 1. The average Bonchev–Trinajstić information content (AvgIpc) is 2.94. The maximum atomic E-state index is 12.1. The van der Waals surface area contributed by atoms with E-state index in [4.69, 9.17) is 4.74 Å². The second kappa shape index (κ2) is 5.35. The number of thioether (sulfide) groups is 1. The van der Waals surface area contributed by atoms with Gasteiger partial charge in [0, 0.05) is 12.3 Å². The summed E-state index contributed by atoms with van der Waals surface area (Å²) < 4.78 is 5.29. The lowest BCUT2D eigenvalue weighted by Crippen LogP contribution is -2.55. The molecule has 0 saturated carbocycles. The summed E-state index contributed by atoms with van der Waals surface area (Å²) in [5.41, 5.74) is -3.14. The highest BCUT2D eigenvalue weighted by Gasteiger charge is 2.60. The van der Waals surface area contributed by atoms with E-state index in [9.17, 15) is 19.8 Å². The van der Waals surface area contributed by atoms with E-state index >= 15 is 0 Å². The molecule has 6 nitrogen and oxygen atoms in total. The molecule has 2 unspecified atom stereocenters. The third-order valence-electron chi connectivity index (χ3n) is 4.22. The summed E-state index contributed by atoms with van der Waals surface area (Å²) in [5.74, 6) is 0.142. The van der Waals surface area contributed by atoms with Gasteiger partial charge in [-0.15, -0.1) is 0 Å². The fourth-order valence-electron chi connectivity index (χ4n) is 2.97. The van der Waals surface area contributed by atoms with E-state index in [1.54, 1.807) is 20.8 Å². The van der Waals surface area contributed by atoms with E-state index in [1.165, 1.54) is 16.7 Å². The quantitative estimate of drug-likeness (QED) is 0.804. The minimum absolute atomic E-state index is 0.0226. The van der Waals surface area contributed by atoms with Crippen molar-refractivity contribution in [2.75, 3.05) is 24.6 Å². The number of rotatable bonds is 2. The second-order valence-corrected chi connectivity index (χ2v) is 7.98. The maximum Gasteiger partial charge on any atom is 0.410 e. The van der Waals surface area contributed by atoms with Gasteiger partial charge in [0.1, 0.15) is 16.6 Å². The zero-order valence-corrected chi connectivity index (χ0v) is 13.5. The molecule has 2 aliphatic heterocycles. The van der Waals surface area contributed by atoms with Crippen LogP contribution in [0.25, 0.3) is 0 Å². The van der Waals surface area contributed by atoms with Crippen LogP contribution in [0, 0.1) is 5.41 Å². The fraction of sp³-hybridized carbons (Fsp3) is 0.857. The summed E-state index contributed by atoms with van der Waals surface area (Å²) in [6.45, 7) is 5.68. The molecule has 0 radical (unpaired) electrons. The van der Waals surface area contributed by atoms with Crippen molar-refractivity contribution < 1.29 is 24.5 Å². The van der Waals surface area contributed by atoms with Crippen LogP contribution in [0.3, 0.4) is 0 Å². The van der Waals surface area contributed by atoms with Crippen LogP contribution in [-0.4, -0.2) is 63.0 Å². The number of aliphatic carboxylic acids is 1. The first-order valence-electron chi connectivity index (χ1n) is 7.11. The van der Waals surface area contributed by atoms with Crippen LogP contribution in [0.2, 0.25) is 0 Å². The van der Waals surface area contributed by atoms with Crippen molar-refractivity contribution in [1.29, 1.82) is 0 Å². The first-order chi connectivity index (χ1) is 9.60. The molecule has 2 N–H and O–H groups in total. The topological polar surface area (TPSA) is 87.1 Å². The van der Waals surface area contributed by atoms with Gasteiger partial charge in [0.15, 0.2) is 0 Å². The van der Waals surface area contributed by atoms with Gasteiger partial charge in [-0.1, -0.05) is 0 Å². The average molecular weight is 317 g/mol. The number of carbonyl (C=O) groups excluding carboxylic acids is 1. The van der Waals surface area contributed by atoms with Crippen LogP contribution in [0.15, 0.2) is 0 Å². The zero-order valence-electron chi connectivity index (χ0n) is 12.7. The van der Waals surface area contributed by atoms with Crippen molar-refractivity contribution in [3.05, 3.63) is 0 Å². The molecule has 7 heteroatoms. The van der Waals surface area contributed by atoms with Crippen molar-refractivity contribution in [1.82, 2.24) is 4.90 Å². The summed E-state index contributed by atoms with van der Waals surface area (Å²) in [6.07, 6.45) is 0.217. The number of amides is 1. The molecular weight excluding hydrogens is 294 g/mol. The van der Waals surface area contributed by atoms with Crippen LogP contribution in [0.4, 0.5) is 4.79 Å². The highest BCUT2D eigenvalue weighted by atomic mass is 32.2. The molecule has 2 saturated heterocycles. The number of ether oxygens (including phenoxy) is 1. The Morgan fingerprint density at radius 3 is 2.43 bits per heavy atom. The van der Waals surface area contributed by atoms with Crippen molar-refractivity contribution >= 4 is 23.8 Å². The molecule has 0 aromatic rings. The first kappa shape index (κ1) is 16.4. The van der Waals surface area contributed by atoms with Crippen molar-refractivity contribution in [3.8, 4) is 0 Å². The molecule has 0 bridgehead atoms. The van der Waals surface area contributed by atoms with Crippen molar-refractivity contribution in [2.24, 2.45) is 5.41 Å². The van der Waals surface area contributed by atoms with E-state index in [2.05, 4.69) is 0 Å². The molecule has 2 fully saturated rings. The van der Waals surface area contributed by atoms with Crippen LogP contribution in [0.1, 0.15) is 33.6 Å². The first-order valence-corrected chi connectivity index (χ1v) is 8.27. The van der Waals surface area contributed by atoms with Crippen molar-refractivity contribution in [3.63, 3.8) is 0 Å². The monoisotopic (exact) mass is 317 g/mol. The number of hydrogen-bond acceptors (Lipinski definition) is 5. The molecule has 0 aromatic carbocycles. The van der Waals surface area contributed by atoms with E-state index in [0.29, 0.717) is 18.7 Å². The van der Waals surface area contributed by atoms with E-state index in [-0.39, 0.29) is 13.0 Å². The van der Waals surface area contributed by atoms with E-state index in [0.717, 1.165) is 5.75 Å². The SMILES string of the molecule is CC(C)(C)OC(=O)N1CCC(O)(C2(C(=O)O)CCSC2)C1. The molecule has 2 aliphatic rings. The number of carbonyl (C=O) groups is 2. The largest absolute Gasteiger partial charge is 0.481 e. The van der Waals surface area contributed by atoms with E-state index < -0.39 is 28.7 Å². The molecular formula is C14H23NO5S. The van der Waals surface area contributed by atoms with Gasteiger partial charge < -0.3 is 19.8 Å². The number of nitrogens with zero attached hydrogens (tertiary/aromatic N) is 1. The van der Waals surface area contributed by atoms with Gasteiger partial charge in [-0.05, 0) is 39.4 Å². The summed E-state index contributed by atoms with van der Waals surface area (Å²) >= 11 is 1.54. The van der Waals surface area contributed by atoms with E-state index in [1.807, 2.05) is 0 Å². The molecule has 0 spiro atoms. The van der Waals surface area contributed by atoms with Crippen LogP contribution in [-0.2, 0) is 9.53 Å². The van der Waals surface area contributed by atoms with Gasteiger partial charge >= 0.3 is 12.1 Å². The Balaban J connectivity index is 2.13. The van der Waals surface area contributed by atoms with Crippen LogP contribution in [0.5, 0.6) is 0 Å². The highest BCUT2D eigenvalue weighted by molar-refractivity contribution is 7.99. The lowest BCUT2D eigenvalue weighted by molar-refractivity contribution is -0.164. The highest BCUT2D eigenvalue weighted by Crippen LogP contribution is 2.48. The third kappa shape index (κ3) is 2.99. The Bertz CT molecular complexity index is 441. The molecule has 2 heterocycles. The van der Waals surface area contributed by atoms with Gasteiger partial charge in [0.05, 0.1) is 6.54 Å². The Kier molecular flexibility index (Phi) is 4.19. The zero-order chi connectivity index (χ0) is 15.9. The summed E-state index contributed by atoms with van der Waals surface area (Å²) in [7, 11) is 0. The number of likely N-dealkylation sites (tertiary alicyclic amines) is 1. The fourth-order valence-corrected chi connectivity index (χ4v) is 4.49. The Labute approximate surface area is 128 Å². The van der Waals surface area contributed by atoms with Crippen LogP contribution < -0.4 is 0 Å². The maximum absolute atomic E-state index is 12.1. The minimum Gasteiger partial charge on any atom is -0.481 e. The summed E-state index contributed by atoms with van der Waals surface area (Å²) in [5, 5.41) is 20.5. The van der Waals surface area contributed by atoms with Crippen molar-refractivity contribution in [2.45, 2.75) is 44.8 Å².